The molecule has 21 heavy (non-hydrogen) atoms. The van der Waals surface area contributed by atoms with Crippen LogP contribution in [-0.4, -0.2) is 14.2 Å². The van der Waals surface area contributed by atoms with E-state index in [-0.39, 0.29) is 0 Å². The van der Waals surface area contributed by atoms with Crippen molar-refractivity contribution in [2.24, 2.45) is 0 Å². The Morgan fingerprint density at radius 1 is 0.952 bits per heavy atom. The van der Waals surface area contributed by atoms with E-state index in [1.807, 2.05) is 30.3 Å². The van der Waals surface area contributed by atoms with Crippen molar-refractivity contribution in [2.75, 3.05) is 14.2 Å². The van der Waals surface area contributed by atoms with Crippen molar-refractivity contribution in [2.45, 2.75) is 5.38 Å². The number of benzene rings is 2. The summed E-state index contributed by atoms with van der Waals surface area (Å²) < 4.78 is 12.4. The molecule has 0 amide bonds. The molecule has 0 saturated carbocycles. The zero-order valence-electron chi connectivity index (χ0n) is 11.3. The molecular weight excluding hydrogens is 443 g/mol. The summed E-state index contributed by atoms with van der Waals surface area (Å²) in [6, 6.07) is 9.27. The molecular formula is C15H12Br2Cl2O2. The monoisotopic (exact) mass is 452 g/mol. The summed E-state index contributed by atoms with van der Waals surface area (Å²) in [5, 5.41) is 0.213. The van der Waals surface area contributed by atoms with Crippen molar-refractivity contribution < 1.29 is 9.47 Å². The molecule has 0 aromatic heterocycles. The summed E-state index contributed by atoms with van der Waals surface area (Å²) in [5.41, 5.74) is 1.69. The molecule has 2 aromatic rings. The van der Waals surface area contributed by atoms with Gasteiger partial charge in [0, 0.05) is 15.1 Å². The van der Waals surface area contributed by atoms with Gasteiger partial charge in [0.1, 0.15) is 11.5 Å². The van der Waals surface area contributed by atoms with Crippen LogP contribution in [-0.2, 0) is 0 Å². The first-order chi connectivity index (χ1) is 9.96. The molecule has 0 fully saturated rings. The van der Waals surface area contributed by atoms with Crippen molar-refractivity contribution >= 4 is 55.1 Å². The average Bonchev–Trinajstić information content (AvgIpc) is 2.45. The number of hydrogen-bond acceptors (Lipinski definition) is 2. The molecule has 2 aromatic carbocycles. The lowest BCUT2D eigenvalue weighted by molar-refractivity contribution is 0.397. The van der Waals surface area contributed by atoms with E-state index in [0.717, 1.165) is 20.1 Å². The maximum Gasteiger partial charge on any atom is 0.133 e. The van der Waals surface area contributed by atoms with Crippen LogP contribution in [0.25, 0.3) is 0 Å². The van der Waals surface area contributed by atoms with Crippen LogP contribution in [0.15, 0.2) is 39.3 Å². The Labute approximate surface area is 150 Å². The summed E-state index contributed by atoms with van der Waals surface area (Å²) in [5.74, 6) is 1.37. The molecule has 0 aliphatic heterocycles. The van der Waals surface area contributed by atoms with Crippen molar-refractivity contribution in [3.05, 3.63) is 55.4 Å². The average molecular weight is 455 g/mol. The van der Waals surface area contributed by atoms with E-state index in [1.165, 1.54) is 0 Å². The van der Waals surface area contributed by atoms with Crippen LogP contribution in [0, 0.1) is 0 Å². The van der Waals surface area contributed by atoms with Gasteiger partial charge in [0.15, 0.2) is 0 Å². The van der Waals surface area contributed by atoms with Crippen molar-refractivity contribution in [3.8, 4) is 11.5 Å². The predicted molar refractivity (Wildman–Crippen MR) is 94.1 cm³/mol. The fraction of sp³-hybridized carbons (Fsp3) is 0.200. The van der Waals surface area contributed by atoms with Gasteiger partial charge in [-0.3, -0.25) is 0 Å². The molecule has 0 bridgehead atoms. The van der Waals surface area contributed by atoms with Crippen molar-refractivity contribution in [3.63, 3.8) is 0 Å². The van der Waals surface area contributed by atoms with Crippen molar-refractivity contribution in [1.82, 2.24) is 0 Å². The smallest absolute Gasteiger partial charge is 0.133 e. The molecule has 0 N–H and O–H groups in total. The number of alkyl halides is 1. The van der Waals surface area contributed by atoms with E-state index in [1.54, 1.807) is 14.2 Å². The topological polar surface area (TPSA) is 18.5 Å². The Bertz CT molecular complexity index is 642. The van der Waals surface area contributed by atoms with E-state index in [2.05, 4.69) is 31.9 Å². The first-order valence-electron chi connectivity index (χ1n) is 5.97. The Morgan fingerprint density at radius 3 is 2.19 bits per heavy atom. The molecule has 0 saturated heterocycles. The third kappa shape index (κ3) is 3.86. The van der Waals surface area contributed by atoms with Crippen LogP contribution < -0.4 is 9.47 Å². The molecule has 0 radical (unpaired) electrons. The van der Waals surface area contributed by atoms with Crippen LogP contribution in [0.5, 0.6) is 11.5 Å². The predicted octanol–water partition coefficient (Wildman–Crippen LogP) is 6.21. The minimum Gasteiger partial charge on any atom is -0.496 e. The second-order valence-corrected chi connectivity index (χ2v) is 6.94. The number of ether oxygens (including phenoxy) is 2. The van der Waals surface area contributed by atoms with Crippen LogP contribution in [0.1, 0.15) is 16.5 Å². The SMILES string of the molecule is COc1cc(C(Cl)c2cc(Cl)cc(Br)c2)c(OC)cc1Br. The Kier molecular flexibility index (Phi) is 5.83. The Morgan fingerprint density at radius 2 is 1.62 bits per heavy atom. The van der Waals surface area contributed by atoms with Gasteiger partial charge in [-0.25, -0.2) is 0 Å². The number of methoxy groups -OCH3 is 2. The third-order valence-electron chi connectivity index (χ3n) is 2.95. The molecule has 2 rings (SSSR count). The first-order valence-corrected chi connectivity index (χ1v) is 8.37. The van der Waals surface area contributed by atoms with E-state index in [4.69, 9.17) is 32.7 Å². The van der Waals surface area contributed by atoms with Gasteiger partial charge >= 0.3 is 0 Å². The highest BCUT2D eigenvalue weighted by Gasteiger charge is 2.19. The second kappa shape index (κ2) is 7.23. The van der Waals surface area contributed by atoms with Gasteiger partial charge < -0.3 is 9.47 Å². The minimum absolute atomic E-state index is 0.406. The van der Waals surface area contributed by atoms with Gasteiger partial charge in [-0.15, -0.1) is 11.6 Å². The summed E-state index contributed by atoms with van der Waals surface area (Å²) in [7, 11) is 3.21. The van der Waals surface area contributed by atoms with Gasteiger partial charge in [0.25, 0.3) is 0 Å². The molecule has 0 heterocycles. The molecule has 0 spiro atoms. The molecule has 0 aliphatic rings. The molecule has 112 valence electrons. The van der Waals surface area contributed by atoms with Gasteiger partial charge in [-0.05, 0) is 51.8 Å². The molecule has 6 heteroatoms. The molecule has 1 atom stereocenters. The number of halogens is 4. The zero-order chi connectivity index (χ0) is 15.6. The van der Waals surface area contributed by atoms with Gasteiger partial charge in [-0.1, -0.05) is 27.5 Å². The lowest BCUT2D eigenvalue weighted by atomic mass is 10.0. The van der Waals surface area contributed by atoms with E-state index >= 15 is 0 Å². The Hall–Kier alpha value is -0.420. The lowest BCUT2D eigenvalue weighted by Gasteiger charge is -2.17. The second-order valence-electron chi connectivity index (χ2n) is 4.29. The zero-order valence-corrected chi connectivity index (χ0v) is 16.0. The van der Waals surface area contributed by atoms with Gasteiger partial charge in [-0.2, -0.15) is 0 Å². The number of rotatable bonds is 4. The summed E-state index contributed by atoms with van der Waals surface area (Å²) in [4.78, 5) is 0. The Balaban J connectivity index is 2.53. The van der Waals surface area contributed by atoms with Crippen LogP contribution in [0.2, 0.25) is 5.02 Å². The van der Waals surface area contributed by atoms with E-state index in [9.17, 15) is 0 Å². The maximum atomic E-state index is 6.61. The van der Waals surface area contributed by atoms with E-state index in [0.29, 0.717) is 16.5 Å². The molecule has 2 nitrogen and oxygen atoms in total. The number of hydrogen-bond donors (Lipinski definition) is 0. The highest BCUT2D eigenvalue weighted by atomic mass is 79.9. The van der Waals surface area contributed by atoms with Gasteiger partial charge in [0.2, 0.25) is 0 Å². The molecule has 1 unspecified atom stereocenters. The minimum atomic E-state index is -0.406. The van der Waals surface area contributed by atoms with Gasteiger partial charge in [0.05, 0.1) is 24.1 Å². The highest BCUT2D eigenvalue weighted by molar-refractivity contribution is 9.10. The van der Waals surface area contributed by atoms with Crippen LogP contribution >= 0.6 is 55.1 Å². The fourth-order valence-electron chi connectivity index (χ4n) is 1.98. The standard InChI is InChI=1S/C15H12Br2Cl2O2/c1-20-13-7-12(17)14(21-2)6-11(13)15(19)8-3-9(16)5-10(18)4-8/h3-7,15H,1-2H3. The fourth-order valence-corrected chi connectivity index (χ4v) is 3.65. The summed E-state index contributed by atoms with van der Waals surface area (Å²) in [6.45, 7) is 0. The van der Waals surface area contributed by atoms with Crippen LogP contribution in [0.4, 0.5) is 0 Å². The van der Waals surface area contributed by atoms with Crippen LogP contribution in [0.3, 0.4) is 0 Å². The third-order valence-corrected chi connectivity index (χ3v) is 4.74. The highest BCUT2D eigenvalue weighted by Crippen LogP contribution is 2.41. The molecule has 0 aliphatic carbocycles. The maximum absolute atomic E-state index is 6.61. The van der Waals surface area contributed by atoms with Crippen molar-refractivity contribution in [1.29, 1.82) is 0 Å². The summed E-state index contributed by atoms with van der Waals surface area (Å²) in [6.07, 6.45) is 0. The normalized spacial score (nSPS) is 12.1. The first kappa shape index (κ1) is 16.9. The largest absolute Gasteiger partial charge is 0.496 e. The lowest BCUT2D eigenvalue weighted by Crippen LogP contribution is -1.99. The summed E-state index contributed by atoms with van der Waals surface area (Å²) >= 11 is 19.6. The quantitative estimate of drug-likeness (QED) is 0.511. The van der Waals surface area contributed by atoms with E-state index < -0.39 is 5.38 Å².